The van der Waals surface area contributed by atoms with Crippen LogP contribution in [0, 0.1) is 0 Å². The summed E-state index contributed by atoms with van der Waals surface area (Å²) in [4.78, 5) is 47.8. The highest BCUT2D eigenvalue weighted by Crippen LogP contribution is 2.36. The summed E-state index contributed by atoms with van der Waals surface area (Å²) in [7, 11) is 0. The quantitative estimate of drug-likeness (QED) is 0.573. The molecule has 3 aromatic rings. The molecule has 0 spiro atoms. The topological polar surface area (TPSA) is 113 Å². The van der Waals surface area contributed by atoms with Crippen molar-refractivity contribution in [3.05, 3.63) is 68.7 Å². The number of amides is 2. The van der Waals surface area contributed by atoms with Crippen LogP contribution in [0.15, 0.2) is 52.1 Å². The minimum atomic E-state index is -4.78. The van der Waals surface area contributed by atoms with E-state index in [0.717, 1.165) is 17.7 Å². The predicted molar refractivity (Wildman–Crippen MR) is 108 cm³/mol. The van der Waals surface area contributed by atoms with Gasteiger partial charge in [0.1, 0.15) is 0 Å². The second kappa shape index (κ2) is 8.46. The fraction of sp³-hybridized carbons (Fsp3) is 0.200. The van der Waals surface area contributed by atoms with E-state index < -0.39 is 40.4 Å². The molecular formula is C20H17F3N4O4. The van der Waals surface area contributed by atoms with Gasteiger partial charge in [-0.05, 0) is 30.3 Å². The van der Waals surface area contributed by atoms with Crippen molar-refractivity contribution in [1.82, 2.24) is 9.78 Å². The minimum Gasteiger partial charge on any atom is -0.326 e. The van der Waals surface area contributed by atoms with Crippen LogP contribution in [0.25, 0.3) is 10.8 Å². The van der Waals surface area contributed by atoms with Gasteiger partial charge in [0.15, 0.2) is 0 Å². The zero-order valence-electron chi connectivity index (χ0n) is 16.2. The second-order valence-electron chi connectivity index (χ2n) is 6.68. The number of nitrogens with zero attached hydrogens (tertiary/aromatic N) is 1. The van der Waals surface area contributed by atoms with Gasteiger partial charge in [0, 0.05) is 19.0 Å². The molecule has 8 nitrogen and oxygen atoms in total. The van der Waals surface area contributed by atoms with Gasteiger partial charge in [-0.25, -0.2) is 4.68 Å². The number of hydrogen-bond donors (Lipinski definition) is 3. The Labute approximate surface area is 172 Å². The molecule has 0 fully saturated rings. The summed E-state index contributed by atoms with van der Waals surface area (Å²) in [6.07, 6.45) is -5.14. The molecule has 1 heterocycles. The fourth-order valence-corrected chi connectivity index (χ4v) is 3.00. The lowest BCUT2D eigenvalue weighted by Gasteiger charge is -2.16. The summed E-state index contributed by atoms with van der Waals surface area (Å²) in [5.41, 5.74) is -2.75. The molecule has 11 heteroatoms. The zero-order chi connectivity index (χ0) is 22.8. The Bertz CT molecular complexity index is 1280. The van der Waals surface area contributed by atoms with Crippen molar-refractivity contribution in [3.8, 4) is 0 Å². The van der Waals surface area contributed by atoms with Crippen LogP contribution in [-0.4, -0.2) is 21.6 Å². The van der Waals surface area contributed by atoms with Crippen molar-refractivity contribution in [2.75, 3.05) is 10.6 Å². The average Bonchev–Trinajstić information content (AvgIpc) is 2.69. The molecule has 0 saturated heterocycles. The first-order valence-corrected chi connectivity index (χ1v) is 9.07. The lowest BCUT2D eigenvalue weighted by atomic mass is 10.1. The highest BCUT2D eigenvalue weighted by Gasteiger charge is 2.34. The van der Waals surface area contributed by atoms with Crippen molar-refractivity contribution in [3.63, 3.8) is 0 Å². The second-order valence-corrected chi connectivity index (χ2v) is 6.68. The third-order valence-corrected chi connectivity index (χ3v) is 4.37. The number of aromatic nitrogens is 2. The Hall–Kier alpha value is -3.89. The normalized spacial score (nSPS) is 11.4. The maximum atomic E-state index is 13.4. The van der Waals surface area contributed by atoms with Crippen LogP contribution in [0.1, 0.15) is 18.9 Å². The van der Waals surface area contributed by atoms with Crippen LogP contribution in [0.5, 0.6) is 0 Å². The number of aryl methyl sites for hydroxylation is 1. The molecule has 0 unspecified atom stereocenters. The van der Waals surface area contributed by atoms with Crippen molar-refractivity contribution in [2.45, 2.75) is 26.1 Å². The van der Waals surface area contributed by atoms with Crippen LogP contribution < -0.4 is 21.8 Å². The molecule has 2 aromatic carbocycles. The van der Waals surface area contributed by atoms with Crippen LogP contribution in [0.3, 0.4) is 0 Å². The zero-order valence-corrected chi connectivity index (χ0v) is 16.2. The summed E-state index contributed by atoms with van der Waals surface area (Å²) in [5, 5.41) is 7.12. The molecule has 162 valence electrons. The number of halogens is 3. The molecule has 0 aliphatic carbocycles. The van der Waals surface area contributed by atoms with Gasteiger partial charge in [-0.1, -0.05) is 12.1 Å². The van der Waals surface area contributed by atoms with E-state index in [-0.39, 0.29) is 29.4 Å². The Kier molecular flexibility index (Phi) is 5.95. The lowest BCUT2D eigenvalue weighted by molar-refractivity contribution is -0.137. The summed E-state index contributed by atoms with van der Waals surface area (Å²) in [6.45, 7) is 0.915. The van der Waals surface area contributed by atoms with Gasteiger partial charge in [-0.2, -0.15) is 13.2 Å². The minimum absolute atomic E-state index is 0.0712. The Balaban J connectivity index is 1.79. The van der Waals surface area contributed by atoms with Crippen molar-refractivity contribution in [1.29, 1.82) is 0 Å². The van der Waals surface area contributed by atoms with E-state index in [0.29, 0.717) is 6.07 Å². The number of H-pyrrole nitrogens is 1. The molecule has 3 rings (SSSR count). The van der Waals surface area contributed by atoms with Crippen molar-refractivity contribution in [2.24, 2.45) is 0 Å². The first-order chi connectivity index (χ1) is 14.6. The van der Waals surface area contributed by atoms with Crippen LogP contribution in [0.2, 0.25) is 0 Å². The molecule has 1 aromatic heterocycles. The summed E-state index contributed by atoms with van der Waals surface area (Å²) in [5.74, 6) is -1.33. The van der Waals surface area contributed by atoms with Gasteiger partial charge in [0.05, 0.1) is 28.6 Å². The highest BCUT2D eigenvalue weighted by atomic mass is 19.4. The molecule has 0 atom stereocenters. The molecule has 3 N–H and O–H groups in total. The van der Waals surface area contributed by atoms with E-state index >= 15 is 0 Å². The van der Waals surface area contributed by atoms with E-state index in [9.17, 15) is 32.3 Å². The number of anilines is 2. The number of alkyl halides is 3. The number of carbonyl (C=O) groups is 2. The monoisotopic (exact) mass is 434 g/mol. The fourth-order valence-electron chi connectivity index (χ4n) is 3.00. The van der Waals surface area contributed by atoms with Crippen LogP contribution in [-0.2, 0) is 22.3 Å². The number of rotatable bonds is 5. The van der Waals surface area contributed by atoms with Crippen molar-refractivity contribution < 1.29 is 22.8 Å². The first-order valence-electron chi connectivity index (χ1n) is 9.07. The number of fused-ring (bicyclic) bond motifs is 1. The van der Waals surface area contributed by atoms with Crippen molar-refractivity contribution >= 4 is 34.0 Å². The van der Waals surface area contributed by atoms with Gasteiger partial charge < -0.3 is 10.6 Å². The lowest BCUT2D eigenvalue weighted by Crippen LogP contribution is -2.31. The van der Waals surface area contributed by atoms with E-state index in [2.05, 4.69) is 15.7 Å². The highest BCUT2D eigenvalue weighted by molar-refractivity contribution is 5.93. The molecule has 0 radical (unpaired) electrons. The number of benzene rings is 2. The van der Waals surface area contributed by atoms with Gasteiger partial charge in [-0.15, -0.1) is 0 Å². The number of hydrogen-bond acceptors (Lipinski definition) is 4. The Morgan fingerprint density at radius 2 is 1.71 bits per heavy atom. The SMILES string of the molecule is CC(=O)Nc1ccc(NC(=O)CCn2[nH]c(=O)c3ccccc3c2=O)c(C(F)(F)F)c1. The smallest absolute Gasteiger partial charge is 0.326 e. The van der Waals surface area contributed by atoms with E-state index in [1.807, 2.05) is 0 Å². The van der Waals surface area contributed by atoms with E-state index in [1.165, 1.54) is 18.2 Å². The standard InChI is InChI=1S/C20H17F3N4O4/c1-11(28)24-12-6-7-16(15(10-12)20(21,22)23)25-17(29)8-9-27-19(31)14-5-3-2-4-13(14)18(30)26-27/h2-7,10H,8-9H2,1H3,(H,24,28)(H,25,29)(H,26,30). The first kappa shape index (κ1) is 21.8. The third kappa shape index (κ3) is 5.00. The third-order valence-electron chi connectivity index (χ3n) is 4.37. The van der Waals surface area contributed by atoms with Gasteiger partial charge in [0.2, 0.25) is 11.8 Å². The van der Waals surface area contributed by atoms with E-state index in [1.54, 1.807) is 12.1 Å². The predicted octanol–water partition coefficient (Wildman–Crippen LogP) is 2.70. The maximum Gasteiger partial charge on any atom is 0.418 e. The summed E-state index contributed by atoms with van der Waals surface area (Å²) >= 11 is 0. The summed E-state index contributed by atoms with van der Waals surface area (Å²) < 4.78 is 41.0. The molecular weight excluding hydrogens is 417 g/mol. The molecule has 31 heavy (non-hydrogen) atoms. The van der Waals surface area contributed by atoms with Gasteiger partial charge >= 0.3 is 6.18 Å². The Morgan fingerprint density at radius 1 is 1.03 bits per heavy atom. The molecule has 2 amide bonds. The van der Waals surface area contributed by atoms with E-state index in [4.69, 9.17) is 0 Å². The molecule has 0 aliphatic rings. The van der Waals surface area contributed by atoms with Gasteiger partial charge in [0.25, 0.3) is 11.1 Å². The Morgan fingerprint density at radius 3 is 2.35 bits per heavy atom. The average molecular weight is 434 g/mol. The summed E-state index contributed by atoms with van der Waals surface area (Å²) in [6, 6.07) is 9.09. The molecule has 0 bridgehead atoms. The largest absolute Gasteiger partial charge is 0.418 e. The number of aromatic amines is 1. The van der Waals surface area contributed by atoms with Gasteiger partial charge in [-0.3, -0.25) is 24.3 Å². The maximum absolute atomic E-state index is 13.4. The molecule has 0 saturated carbocycles. The van der Waals surface area contributed by atoms with Crippen LogP contribution in [0.4, 0.5) is 24.5 Å². The number of carbonyl (C=O) groups excluding carboxylic acids is 2. The van der Waals surface area contributed by atoms with Crippen LogP contribution >= 0.6 is 0 Å². The number of nitrogens with one attached hydrogen (secondary N) is 3. The molecule has 0 aliphatic heterocycles.